The van der Waals surface area contributed by atoms with E-state index in [1.54, 1.807) is 0 Å². The zero-order chi connectivity index (χ0) is 9.97. The number of carbonyl (C=O) groups excluding carboxylic acids is 1. The maximum absolute atomic E-state index is 10.9. The molecule has 0 radical (unpaired) electrons. The highest BCUT2D eigenvalue weighted by atomic mass is 16.5. The van der Waals surface area contributed by atoms with Crippen molar-refractivity contribution in [1.29, 1.82) is 0 Å². The van der Waals surface area contributed by atoms with E-state index < -0.39 is 0 Å². The van der Waals surface area contributed by atoms with Crippen LogP contribution in [0.1, 0.15) is 36.3 Å². The average molecular weight is 195 g/mol. The fourth-order valence-electron chi connectivity index (χ4n) is 1.62. The number of nitrogens with zero attached hydrogens (tertiary/aromatic N) is 2. The van der Waals surface area contributed by atoms with Crippen molar-refractivity contribution in [2.75, 3.05) is 6.54 Å². The van der Waals surface area contributed by atoms with Gasteiger partial charge in [0.15, 0.2) is 0 Å². The lowest BCUT2D eigenvalue weighted by atomic mass is 10.1. The van der Waals surface area contributed by atoms with Gasteiger partial charge in [0.25, 0.3) is 0 Å². The van der Waals surface area contributed by atoms with Gasteiger partial charge < -0.3 is 9.84 Å². The minimum atomic E-state index is -0.153. The standard InChI is InChI=1S/C9H13N3O2/c1-6(13)9-11-8(14-12-9)5-7-3-2-4-10-7/h7,10H,2-5H2,1H3. The Bertz CT molecular complexity index is 329. The van der Waals surface area contributed by atoms with Gasteiger partial charge >= 0.3 is 0 Å². The van der Waals surface area contributed by atoms with Crippen LogP contribution < -0.4 is 5.32 Å². The van der Waals surface area contributed by atoms with E-state index in [2.05, 4.69) is 15.5 Å². The smallest absolute Gasteiger partial charge is 0.238 e. The Labute approximate surface area is 81.9 Å². The summed E-state index contributed by atoms with van der Waals surface area (Å²) in [6.07, 6.45) is 3.05. The first-order chi connectivity index (χ1) is 6.75. The van der Waals surface area contributed by atoms with Crippen LogP contribution in [0.5, 0.6) is 0 Å². The summed E-state index contributed by atoms with van der Waals surface area (Å²) in [7, 11) is 0. The molecule has 2 heterocycles. The number of aromatic nitrogens is 2. The van der Waals surface area contributed by atoms with E-state index in [4.69, 9.17) is 4.52 Å². The van der Waals surface area contributed by atoms with Crippen molar-refractivity contribution < 1.29 is 9.32 Å². The molecule has 5 heteroatoms. The second-order valence-electron chi connectivity index (χ2n) is 3.57. The van der Waals surface area contributed by atoms with Crippen molar-refractivity contribution >= 4 is 5.78 Å². The number of ketones is 1. The molecule has 2 rings (SSSR count). The second kappa shape index (κ2) is 3.88. The molecule has 0 aliphatic carbocycles. The van der Waals surface area contributed by atoms with Gasteiger partial charge in [0.2, 0.25) is 17.5 Å². The zero-order valence-corrected chi connectivity index (χ0v) is 8.12. The lowest BCUT2D eigenvalue weighted by Gasteiger charge is -2.04. The Balaban J connectivity index is 1.98. The molecule has 0 bridgehead atoms. The van der Waals surface area contributed by atoms with E-state index in [0.717, 1.165) is 19.4 Å². The number of hydrogen-bond donors (Lipinski definition) is 1. The van der Waals surface area contributed by atoms with E-state index in [9.17, 15) is 4.79 Å². The zero-order valence-electron chi connectivity index (χ0n) is 8.12. The molecule has 14 heavy (non-hydrogen) atoms. The highest BCUT2D eigenvalue weighted by Gasteiger charge is 2.18. The molecule has 1 aromatic rings. The minimum Gasteiger partial charge on any atom is -0.339 e. The van der Waals surface area contributed by atoms with Gasteiger partial charge in [0.05, 0.1) is 0 Å². The molecule has 0 amide bonds. The van der Waals surface area contributed by atoms with Gasteiger partial charge in [-0.2, -0.15) is 4.98 Å². The van der Waals surface area contributed by atoms with E-state index in [-0.39, 0.29) is 11.6 Å². The topological polar surface area (TPSA) is 68.0 Å². The number of hydrogen-bond acceptors (Lipinski definition) is 5. The van der Waals surface area contributed by atoms with E-state index in [1.165, 1.54) is 13.3 Å². The Morgan fingerprint density at radius 3 is 3.14 bits per heavy atom. The summed E-state index contributed by atoms with van der Waals surface area (Å²) in [6.45, 7) is 2.49. The van der Waals surface area contributed by atoms with Crippen molar-refractivity contribution in [3.05, 3.63) is 11.7 Å². The highest BCUT2D eigenvalue weighted by Crippen LogP contribution is 2.10. The third-order valence-corrected chi connectivity index (χ3v) is 2.37. The Kier molecular flexibility index (Phi) is 2.58. The van der Waals surface area contributed by atoms with Gasteiger partial charge in [-0.25, -0.2) is 0 Å². The predicted molar refractivity (Wildman–Crippen MR) is 49.0 cm³/mol. The summed E-state index contributed by atoms with van der Waals surface area (Å²) >= 11 is 0. The molecule has 1 fully saturated rings. The number of carbonyl (C=O) groups is 1. The van der Waals surface area contributed by atoms with Crippen LogP contribution in [0, 0.1) is 0 Å². The Morgan fingerprint density at radius 1 is 1.71 bits per heavy atom. The maximum atomic E-state index is 10.9. The van der Waals surface area contributed by atoms with E-state index in [1.807, 2.05) is 0 Å². The molecular weight excluding hydrogens is 182 g/mol. The molecule has 1 aliphatic heterocycles. The molecule has 1 atom stereocenters. The van der Waals surface area contributed by atoms with E-state index >= 15 is 0 Å². The number of rotatable bonds is 3. The molecule has 1 unspecified atom stereocenters. The SMILES string of the molecule is CC(=O)c1noc(CC2CCCN2)n1. The summed E-state index contributed by atoms with van der Waals surface area (Å²) in [5.74, 6) is 0.576. The first-order valence-electron chi connectivity index (χ1n) is 4.82. The van der Waals surface area contributed by atoms with Crippen LogP contribution in [-0.4, -0.2) is 28.5 Å². The van der Waals surface area contributed by atoms with Crippen LogP contribution in [0.3, 0.4) is 0 Å². The lowest BCUT2D eigenvalue weighted by Crippen LogP contribution is -2.23. The summed E-state index contributed by atoms with van der Waals surface area (Å²) in [4.78, 5) is 14.9. The van der Waals surface area contributed by atoms with Crippen molar-refractivity contribution in [2.24, 2.45) is 0 Å². The first kappa shape index (κ1) is 9.33. The van der Waals surface area contributed by atoms with Gasteiger partial charge in [-0.3, -0.25) is 4.79 Å². The van der Waals surface area contributed by atoms with Crippen LogP contribution in [0.4, 0.5) is 0 Å². The Hall–Kier alpha value is -1.23. The Morgan fingerprint density at radius 2 is 2.57 bits per heavy atom. The van der Waals surface area contributed by atoms with Crippen LogP contribution in [0.2, 0.25) is 0 Å². The van der Waals surface area contributed by atoms with Crippen molar-refractivity contribution in [3.8, 4) is 0 Å². The van der Waals surface area contributed by atoms with E-state index in [0.29, 0.717) is 11.9 Å². The molecular formula is C9H13N3O2. The van der Waals surface area contributed by atoms with Gasteiger partial charge in [0.1, 0.15) is 0 Å². The molecule has 1 N–H and O–H groups in total. The summed E-state index contributed by atoms with van der Waals surface area (Å²) < 4.78 is 4.97. The van der Waals surface area contributed by atoms with Gasteiger partial charge in [0, 0.05) is 19.4 Å². The summed E-state index contributed by atoms with van der Waals surface area (Å²) in [5.41, 5.74) is 0. The number of nitrogens with one attached hydrogen (secondary N) is 1. The average Bonchev–Trinajstić information content (AvgIpc) is 2.75. The molecule has 0 saturated carbocycles. The third kappa shape index (κ3) is 1.98. The van der Waals surface area contributed by atoms with Crippen LogP contribution >= 0.6 is 0 Å². The largest absolute Gasteiger partial charge is 0.339 e. The molecule has 5 nitrogen and oxygen atoms in total. The molecule has 1 saturated heterocycles. The van der Waals surface area contributed by atoms with Crippen molar-refractivity contribution in [2.45, 2.75) is 32.2 Å². The van der Waals surface area contributed by atoms with Crippen molar-refractivity contribution in [3.63, 3.8) is 0 Å². The lowest BCUT2D eigenvalue weighted by molar-refractivity contribution is 0.100. The number of Topliss-reactive ketones (excluding diaryl/α,β-unsaturated/α-hetero) is 1. The highest BCUT2D eigenvalue weighted by molar-refractivity contribution is 5.89. The normalized spacial score (nSPS) is 21.4. The van der Waals surface area contributed by atoms with Gasteiger partial charge in [-0.1, -0.05) is 5.16 Å². The summed E-state index contributed by atoms with van der Waals surface area (Å²) in [6, 6.07) is 0.426. The minimum absolute atomic E-state index is 0.153. The quantitative estimate of drug-likeness (QED) is 0.714. The second-order valence-corrected chi connectivity index (χ2v) is 3.57. The van der Waals surface area contributed by atoms with Gasteiger partial charge in [-0.15, -0.1) is 0 Å². The molecule has 1 aromatic heterocycles. The maximum Gasteiger partial charge on any atom is 0.238 e. The van der Waals surface area contributed by atoms with Crippen LogP contribution in [0.15, 0.2) is 4.52 Å². The van der Waals surface area contributed by atoms with Crippen LogP contribution in [-0.2, 0) is 6.42 Å². The predicted octanol–water partition coefficient (Wildman–Crippen LogP) is 0.567. The van der Waals surface area contributed by atoms with Crippen LogP contribution in [0.25, 0.3) is 0 Å². The van der Waals surface area contributed by atoms with Crippen molar-refractivity contribution in [1.82, 2.24) is 15.5 Å². The fourth-order valence-corrected chi connectivity index (χ4v) is 1.62. The molecule has 0 spiro atoms. The fraction of sp³-hybridized carbons (Fsp3) is 0.667. The first-order valence-corrected chi connectivity index (χ1v) is 4.82. The summed E-state index contributed by atoms with van der Waals surface area (Å²) in [5, 5.41) is 6.93. The third-order valence-electron chi connectivity index (χ3n) is 2.37. The monoisotopic (exact) mass is 195 g/mol. The molecule has 1 aliphatic rings. The molecule has 76 valence electrons. The molecule has 0 aromatic carbocycles. The van der Waals surface area contributed by atoms with Gasteiger partial charge in [-0.05, 0) is 19.4 Å².